The van der Waals surface area contributed by atoms with E-state index in [1.807, 2.05) is 6.07 Å². The number of phenolic OH excluding ortho intramolecular Hbond substituents is 3. The summed E-state index contributed by atoms with van der Waals surface area (Å²) in [6.45, 7) is 0.458. The minimum atomic E-state index is -0.00736. The number of hydrogen-bond donors (Lipinski definition) is 3. The summed E-state index contributed by atoms with van der Waals surface area (Å²) in [6.07, 6.45) is 0.616. The van der Waals surface area contributed by atoms with E-state index in [0.29, 0.717) is 24.3 Å². The quantitative estimate of drug-likeness (QED) is 0.735. The van der Waals surface area contributed by atoms with Crippen molar-refractivity contribution in [3.63, 3.8) is 0 Å². The molecule has 2 aromatic rings. The van der Waals surface area contributed by atoms with E-state index in [2.05, 4.69) is 0 Å². The van der Waals surface area contributed by atoms with Gasteiger partial charge in [-0.3, -0.25) is 0 Å². The topological polar surface area (TPSA) is 69.9 Å². The van der Waals surface area contributed by atoms with Gasteiger partial charge in [0.05, 0.1) is 6.61 Å². The molecule has 1 atom stereocenters. The van der Waals surface area contributed by atoms with Crippen LogP contribution in [0.5, 0.6) is 23.0 Å². The Morgan fingerprint density at radius 2 is 1.84 bits per heavy atom. The van der Waals surface area contributed by atoms with E-state index in [1.165, 1.54) is 12.1 Å². The van der Waals surface area contributed by atoms with Crippen LogP contribution in [0.2, 0.25) is 0 Å². The Labute approximate surface area is 110 Å². The van der Waals surface area contributed by atoms with Crippen LogP contribution >= 0.6 is 0 Å². The molecule has 1 aliphatic rings. The van der Waals surface area contributed by atoms with E-state index < -0.39 is 0 Å². The third-order valence-electron chi connectivity index (χ3n) is 3.40. The highest BCUT2D eigenvalue weighted by Crippen LogP contribution is 2.40. The van der Waals surface area contributed by atoms with Crippen LogP contribution in [0, 0.1) is 0 Å². The molecule has 0 fully saturated rings. The lowest BCUT2D eigenvalue weighted by molar-refractivity contribution is 0.256. The normalized spacial score (nSPS) is 17.6. The fourth-order valence-electron chi connectivity index (χ4n) is 2.44. The van der Waals surface area contributed by atoms with E-state index in [0.717, 1.165) is 5.56 Å². The predicted molar refractivity (Wildman–Crippen MR) is 69.8 cm³/mol. The molecule has 1 unspecified atom stereocenters. The second-order valence-electron chi connectivity index (χ2n) is 4.75. The van der Waals surface area contributed by atoms with Gasteiger partial charge in [-0.05, 0) is 24.1 Å². The molecule has 0 amide bonds. The van der Waals surface area contributed by atoms with Crippen LogP contribution in [0.4, 0.5) is 0 Å². The molecule has 0 bridgehead atoms. The molecule has 3 N–H and O–H groups in total. The van der Waals surface area contributed by atoms with Gasteiger partial charge in [0, 0.05) is 23.6 Å². The second-order valence-corrected chi connectivity index (χ2v) is 4.75. The van der Waals surface area contributed by atoms with Gasteiger partial charge in [-0.25, -0.2) is 0 Å². The molecule has 19 heavy (non-hydrogen) atoms. The van der Waals surface area contributed by atoms with Crippen molar-refractivity contribution in [1.82, 2.24) is 0 Å². The summed E-state index contributed by atoms with van der Waals surface area (Å²) >= 11 is 0. The van der Waals surface area contributed by atoms with E-state index in [9.17, 15) is 15.3 Å². The summed E-state index contributed by atoms with van der Waals surface area (Å²) in [7, 11) is 0. The van der Waals surface area contributed by atoms with Crippen molar-refractivity contribution in [2.45, 2.75) is 12.3 Å². The zero-order chi connectivity index (χ0) is 13.4. The highest BCUT2D eigenvalue weighted by molar-refractivity contribution is 5.51. The number of rotatable bonds is 1. The zero-order valence-corrected chi connectivity index (χ0v) is 10.2. The Morgan fingerprint density at radius 3 is 2.63 bits per heavy atom. The summed E-state index contributed by atoms with van der Waals surface area (Å²) in [5.41, 5.74) is 1.66. The molecule has 0 aliphatic carbocycles. The van der Waals surface area contributed by atoms with Crippen molar-refractivity contribution in [2.24, 2.45) is 0 Å². The van der Waals surface area contributed by atoms with Crippen LogP contribution in [-0.2, 0) is 6.42 Å². The fourth-order valence-corrected chi connectivity index (χ4v) is 2.44. The molecule has 0 saturated heterocycles. The lowest BCUT2D eigenvalue weighted by atomic mass is 9.90. The summed E-state index contributed by atoms with van der Waals surface area (Å²) in [5.74, 6) is 0.856. The van der Waals surface area contributed by atoms with Gasteiger partial charge in [-0.1, -0.05) is 12.1 Å². The Balaban J connectivity index is 1.94. The Kier molecular flexibility index (Phi) is 2.71. The SMILES string of the molecule is Oc1cccc(C2COc3cc(O)cc(O)c3C2)c1. The molecule has 4 nitrogen and oxygen atoms in total. The third-order valence-corrected chi connectivity index (χ3v) is 3.40. The minimum absolute atomic E-state index is 0.00736. The first-order valence-corrected chi connectivity index (χ1v) is 6.10. The van der Waals surface area contributed by atoms with Gasteiger partial charge < -0.3 is 20.1 Å². The Morgan fingerprint density at radius 1 is 1.00 bits per heavy atom. The minimum Gasteiger partial charge on any atom is -0.508 e. The molecular formula is C15H14O4. The van der Waals surface area contributed by atoms with E-state index >= 15 is 0 Å². The van der Waals surface area contributed by atoms with Crippen molar-refractivity contribution in [3.8, 4) is 23.0 Å². The van der Waals surface area contributed by atoms with Gasteiger partial charge in [-0.2, -0.15) is 0 Å². The van der Waals surface area contributed by atoms with Gasteiger partial charge in [0.15, 0.2) is 0 Å². The molecule has 1 heterocycles. The molecule has 4 heteroatoms. The van der Waals surface area contributed by atoms with Gasteiger partial charge in [0.1, 0.15) is 23.0 Å². The van der Waals surface area contributed by atoms with Crippen LogP contribution < -0.4 is 4.74 Å². The van der Waals surface area contributed by atoms with Crippen LogP contribution in [-0.4, -0.2) is 21.9 Å². The number of hydrogen-bond acceptors (Lipinski definition) is 4. The molecule has 3 rings (SSSR count). The first-order chi connectivity index (χ1) is 9.13. The molecule has 1 aliphatic heterocycles. The zero-order valence-electron chi connectivity index (χ0n) is 10.2. The van der Waals surface area contributed by atoms with Crippen LogP contribution in [0.25, 0.3) is 0 Å². The molecule has 2 aromatic carbocycles. The first kappa shape index (κ1) is 11.7. The van der Waals surface area contributed by atoms with E-state index in [4.69, 9.17) is 4.74 Å². The summed E-state index contributed by atoms with van der Waals surface area (Å²) in [6, 6.07) is 9.86. The van der Waals surface area contributed by atoms with Crippen LogP contribution in [0.1, 0.15) is 17.0 Å². The lowest BCUT2D eigenvalue weighted by Gasteiger charge is -2.26. The van der Waals surface area contributed by atoms with Crippen molar-refractivity contribution in [2.75, 3.05) is 6.61 Å². The molecule has 0 spiro atoms. The maximum atomic E-state index is 9.87. The highest BCUT2D eigenvalue weighted by atomic mass is 16.5. The average Bonchev–Trinajstić information content (AvgIpc) is 2.38. The molecule has 0 aromatic heterocycles. The summed E-state index contributed by atoms with van der Waals surface area (Å²) in [5, 5.41) is 28.8. The van der Waals surface area contributed by atoms with Crippen molar-refractivity contribution in [1.29, 1.82) is 0 Å². The molecule has 0 radical (unpaired) electrons. The maximum absolute atomic E-state index is 9.87. The Hall–Kier alpha value is -2.36. The molecular weight excluding hydrogens is 244 g/mol. The van der Waals surface area contributed by atoms with Crippen molar-refractivity contribution in [3.05, 3.63) is 47.5 Å². The number of benzene rings is 2. The van der Waals surface area contributed by atoms with Crippen LogP contribution in [0.15, 0.2) is 36.4 Å². The fraction of sp³-hybridized carbons (Fsp3) is 0.200. The number of aromatic hydroxyl groups is 3. The smallest absolute Gasteiger partial charge is 0.129 e. The van der Waals surface area contributed by atoms with Gasteiger partial charge in [0.2, 0.25) is 0 Å². The van der Waals surface area contributed by atoms with Gasteiger partial charge in [0.25, 0.3) is 0 Å². The first-order valence-electron chi connectivity index (χ1n) is 6.10. The van der Waals surface area contributed by atoms with Crippen molar-refractivity contribution >= 4 is 0 Å². The number of ether oxygens (including phenoxy) is 1. The lowest BCUT2D eigenvalue weighted by Crippen LogP contribution is -2.19. The van der Waals surface area contributed by atoms with Gasteiger partial charge >= 0.3 is 0 Å². The van der Waals surface area contributed by atoms with Gasteiger partial charge in [-0.15, -0.1) is 0 Å². The van der Waals surface area contributed by atoms with E-state index in [-0.39, 0.29) is 23.2 Å². The number of fused-ring (bicyclic) bond motifs is 1. The Bertz CT molecular complexity index is 622. The number of phenols is 3. The van der Waals surface area contributed by atoms with Crippen molar-refractivity contribution < 1.29 is 20.1 Å². The third kappa shape index (κ3) is 2.17. The maximum Gasteiger partial charge on any atom is 0.129 e. The average molecular weight is 258 g/mol. The second kappa shape index (κ2) is 4.39. The van der Waals surface area contributed by atoms with E-state index in [1.54, 1.807) is 18.2 Å². The van der Waals surface area contributed by atoms with Crippen LogP contribution in [0.3, 0.4) is 0 Å². The summed E-state index contributed by atoms with van der Waals surface area (Å²) < 4.78 is 5.59. The standard InChI is InChI=1S/C15H14O4/c16-11-3-1-2-9(4-11)10-5-13-14(18)6-12(17)7-15(13)19-8-10/h1-4,6-7,10,16-18H,5,8H2. The molecule has 98 valence electrons. The molecule has 0 saturated carbocycles. The summed E-state index contributed by atoms with van der Waals surface area (Å²) in [4.78, 5) is 0. The predicted octanol–water partition coefficient (Wildman–Crippen LogP) is 2.52. The highest BCUT2D eigenvalue weighted by Gasteiger charge is 2.24. The largest absolute Gasteiger partial charge is 0.508 e. The monoisotopic (exact) mass is 258 g/mol.